The maximum absolute atomic E-state index is 10.5. The predicted molar refractivity (Wildman–Crippen MR) is 91.3 cm³/mol. The summed E-state index contributed by atoms with van der Waals surface area (Å²) in [6.45, 7) is 13.5. The highest BCUT2D eigenvalue weighted by atomic mass is 16.3. The van der Waals surface area contributed by atoms with Crippen molar-refractivity contribution in [1.82, 2.24) is 0 Å². The predicted octanol–water partition coefficient (Wildman–Crippen LogP) is 6.03. The lowest BCUT2D eigenvalue weighted by Gasteiger charge is -2.36. The number of phenolic OH excluding ortho intramolecular Hbond substituents is 1. The van der Waals surface area contributed by atoms with Gasteiger partial charge in [0.15, 0.2) is 0 Å². The standard InChI is InChI=1S/C20H32O/c1-19(2,3)17-15(14-10-8-7-9-11-14)12-13-16(21)18(17)20(4,5)6/h12-14,21H,7-11H2,1-6H3. The van der Waals surface area contributed by atoms with Gasteiger partial charge in [0, 0.05) is 5.56 Å². The van der Waals surface area contributed by atoms with E-state index in [1.165, 1.54) is 43.2 Å². The van der Waals surface area contributed by atoms with Gasteiger partial charge in [0.2, 0.25) is 0 Å². The third-order valence-electron chi connectivity index (χ3n) is 4.76. The summed E-state index contributed by atoms with van der Waals surface area (Å²) in [7, 11) is 0. The molecule has 1 aromatic rings. The van der Waals surface area contributed by atoms with Gasteiger partial charge in [-0.05, 0) is 46.8 Å². The molecule has 0 radical (unpaired) electrons. The Morgan fingerprint density at radius 1 is 0.810 bits per heavy atom. The molecule has 1 nitrogen and oxygen atoms in total. The molecule has 1 aliphatic rings. The SMILES string of the molecule is CC(C)(C)c1c(O)ccc(C2CCCCC2)c1C(C)(C)C. The Kier molecular flexibility index (Phi) is 4.42. The molecule has 0 heterocycles. The molecule has 0 bridgehead atoms. The largest absolute Gasteiger partial charge is 0.508 e. The van der Waals surface area contributed by atoms with Crippen LogP contribution in [0.3, 0.4) is 0 Å². The molecule has 0 saturated heterocycles. The maximum Gasteiger partial charge on any atom is 0.119 e. The summed E-state index contributed by atoms with van der Waals surface area (Å²) in [6, 6.07) is 4.13. The Bertz CT molecular complexity index is 494. The summed E-state index contributed by atoms with van der Waals surface area (Å²) >= 11 is 0. The van der Waals surface area contributed by atoms with Crippen molar-refractivity contribution >= 4 is 0 Å². The van der Waals surface area contributed by atoms with E-state index in [1.807, 2.05) is 6.07 Å². The first kappa shape index (κ1) is 16.4. The van der Waals surface area contributed by atoms with Crippen LogP contribution in [-0.2, 0) is 10.8 Å². The molecule has 1 aliphatic carbocycles. The van der Waals surface area contributed by atoms with E-state index < -0.39 is 0 Å². The minimum absolute atomic E-state index is 0.0304. The van der Waals surface area contributed by atoms with Crippen LogP contribution in [0.2, 0.25) is 0 Å². The number of hydrogen-bond donors (Lipinski definition) is 1. The Balaban J connectivity index is 2.65. The van der Waals surface area contributed by atoms with Crippen LogP contribution in [0.1, 0.15) is 96.3 Å². The van der Waals surface area contributed by atoms with Gasteiger partial charge in [-0.15, -0.1) is 0 Å². The lowest BCUT2D eigenvalue weighted by atomic mass is 9.69. The zero-order valence-corrected chi connectivity index (χ0v) is 14.7. The zero-order valence-electron chi connectivity index (χ0n) is 14.7. The van der Waals surface area contributed by atoms with Crippen LogP contribution in [0.15, 0.2) is 12.1 Å². The number of benzene rings is 1. The first-order chi connectivity index (χ1) is 9.62. The zero-order chi connectivity index (χ0) is 15.8. The van der Waals surface area contributed by atoms with Crippen LogP contribution in [0.25, 0.3) is 0 Å². The van der Waals surface area contributed by atoms with E-state index in [-0.39, 0.29) is 10.8 Å². The van der Waals surface area contributed by atoms with E-state index in [0.29, 0.717) is 11.7 Å². The fourth-order valence-electron chi connectivity index (χ4n) is 3.93. The van der Waals surface area contributed by atoms with Gasteiger partial charge in [0.05, 0.1) is 0 Å². The molecule has 0 spiro atoms. The van der Waals surface area contributed by atoms with Crippen LogP contribution >= 0.6 is 0 Å². The van der Waals surface area contributed by atoms with E-state index in [0.717, 1.165) is 5.56 Å². The van der Waals surface area contributed by atoms with Gasteiger partial charge in [0.1, 0.15) is 5.75 Å². The molecule has 1 saturated carbocycles. The highest BCUT2D eigenvalue weighted by Crippen LogP contribution is 2.45. The average Bonchev–Trinajstić information content (AvgIpc) is 2.37. The molecule has 1 aromatic carbocycles. The van der Waals surface area contributed by atoms with Crippen molar-refractivity contribution in [3.63, 3.8) is 0 Å². The highest BCUT2D eigenvalue weighted by molar-refractivity contribution is 5.52. The molecule has 0 atom stereocenters. The van der Waals surface area contributed by atoms with Crippen molar-refractivity contribution in [1.29, 1.82) is 0 Å². The summed E-state index contributed by atoms with van der Waals surface area (Å²) in [6.07, 6.45) is 6.68. The van der Waals surface area contributed by atoms with Crippen molar-refractivity contribution in [3.8, 4) is 5.75 Å². The molecule has 0 aromatic heterocycles. The van der Waals surface area contributed by atoms with Gasteiger partial charge in [0.25, 0.3) is 0 Å². The summed E-state index contributed by atoms with van der Waals surface area (Å²) in [5.74, 6) is 1.14. The van der Waals surface area contributed by atoms with Crippen LogP contribution in [0, 0.1) is 0 Å². The van der Waals surface area contributed by atoms with Gasteiger partial charge < -0.3 is 5.11 Å². The Morgan fingerprint density at radius 3 is 1.81 bits per heavy atom. The highest BCUT2D eigenvalue weighted by Gasteiger charge is 2.32. The van der Waals surface area contributed by atoms with Crippen molar-refractivity contribution in [2.45, 2.75) is 90.4 Å². The van der Waals surface area contributed by atoms with E-state index in [4.69, 9.17) is 0 Å². The summed E-state index contributed by atoms with van der Waals surface area (Å²) in [5, 5.41) is 10.5. The smallest absolute Gasteiger partial charge is 0.119 e. The number of phenols is 1. The molecule has 0 amide bonds. The van der Waals surface area contributed by atoms with Crippen molar-refractivity contribution in [3.05, 3.63) is 28.8 Å². The van der Waals surface area contributed by atoms with E-state index >= 15 is 0 Å². The van der Waals surface area contributed by atoms with E-state index in [1.54, 1.807) is 0 Å². The van der Waals surface area contributed by atoms with Crippen molar-refractivity contribution in [2.75, 3.05) is 0 Å². The minimum Gasteiger partial charge on any atom is -0.508 e. The number of hydrogen-bond acceptors (Lipinski definition) is 1. The van der Waals surface area contributed by atoms with Crippen molar-refractivity contribution < 1.29 is 5.11 Å². The first-order valence-corrected chi connectivity index (χ1v) is 8.49. The molecule has 118 valence electrons. The fourth-order valence-corrected chi connectivity index (χ4v) is 3.93. The summed E-state index contributed by atoms with van der Waals surface area (Å²) in [4.78, 5) is 0. The molecular formula is C20H32O. The summed E-state index contributed by atoms with van der Waals surface area (Å²) in [5.41, 5.74) is 4.07. The molecule has 0 unspecified atom stereocenters. The van der Waals surface area contributed by atoms with Gasteiger partial charge in [-0.3, -0.25) is 0 Å². The molecule has 21 heavy (non-hydrogen) atoms. The second-order valence-electron chi connectivity index (χ2n) is 8.76. The van der Waals surface area contributed by atoms with E-state index in [2.05, 4.69) is 47.6 Å². The van der Waals surface area contributed by atoms with Gasteiger partial charge in [-0.2, -0.15) is 0 Å². The molecule has 1 heteroatoms. The lowest BCUT2D eigenvalue weighted by Crippen LogP contribution is -2.25. The molecule has 0 aliphatic heterocycles. The van der Waals surface area contributed by atoms with E-state index in [9.17, 15) is 5.11 Å². The van der Waals surface area contributed by atoms with Crippen LogP contribution in [0.4, 0.5) is 0 Å². The normalized spacial score (nSPS) is 18.0. The minimum atomic E-state index is -0.0304. The first-order valence-electron chi connectivity index (χ1n) is 8.49. The average molecular weight is 288 g/mol. The van der Waals surface area contributed by atoms with Crippen LogP contribution in [0.5, 0.6) is 5.75 Å². The molecular weight excluding hydrogens is 256 g/mol. The molecule has 1 fully saturated rings. The van der Waals surface area contributed by atoms with Crippen LogP contribution in [-0.4, -0.2) is 5.11 Å². The fraction of sp³-hybridized carbons (Fsp3) is 0.700. The molecule has 2 rings (SSSR count). The number of aromatic hydroxyl groups is 1. The van der Waals surface area contributed by atoms with Gasteiger partial charge in [-0.25, -0.2) is 0 Å². The van der Waals surface area contributed by atoms with Crippen molar-refractivity contribution in [2.24, 2.45) is 0 Å². The quantitative estimate of drug-likeness (QED) is 0.668. The third-order valence-corrected chi connectivity index (χ3v) is 4.76. The van der Waals surface area contributed by atoms with Crippen LogP contribution < -0.4 is 0 Å². The molecule has 1 N–H and O–H groups in total. The Labute approximate surface area is 130 Å². The topological polar surface area (TPSA) is 20.2 Å². The third kappa shape index (κ3) is 3.44. The van der Waals surface area contributed by atoms with Gasteiger partial charge >= 0.3 is 0 Å². The second kappa shape index (κ2) is 5.66. The maximum atomic E-state index is 10.5. The Hall–Kier alpha value is -0.980. The second-order valence-corrected chi connectivity index (χ2v) is 8.76. The number of rotatable bonds is 1. The van der Waals surface area contributed by atoms with Gasteiger partial charge in [-0.1, -0.05) is 66.9 Å². The Morgan fingerprint density at radius 2 is 1.33 bits per heavy atom. The summed E-state index contributed by atoms with van der Waals surface area (Å²) < 4.78 is 0. The monoisotopic (exact) mass is 288 g/mol. The lowest BCUT2D eigenvalue weighted by molar-refractivity contribution is 0.415.